The second-order valence-electron chi connectivity index (χ2n) is 0.414. The quantitative estimate of drug-likeness (QED) is 0.481. The first-order chi connectivity index (χ1) is 4.50. The summed E-state index contributed by atoms with van der Waals surface area (Å²) < 4.78 is 46.8. The van der Waals surface area contributed by atoms with Gasteiger partial charge in [0.15, 0.2) is 0 Å². The Morgan fingerprint density at radius 1 is 2.00 bits per heavy atom. The minimum absolute atomic E-state index is 0. The van der Waals surface area contributed by atoms with Crippen molar-refractivity contribution in [1.82, 2.24) is 0 Å². The fourth-order valence-corrected chi connectivity index (χ4v) is 0. The van der Waals surface area contributed by atoms with E-state index in [9.17, 15) is 0 Å². The largest absolute Gasteiger partial charge is 0.328 e. The van der Waals surface area contributed by atoms with Crippen LogP contribution in [0.1, 0.15) is 23.3 Å². The van der Waals surface area contributed by atoms with E-state index in [1.165, 1.54) is 0 Å². The Morgan fingerprint density at radius 2 is 2.40 bits per heavy atom. The minimum atomic E-state index is -2.99. The van der Waals surface area contributed by atoms with Crippen molar-refractivity contribution in [3.8, 4) is 0 Å². The maximum absolute atomic E-state index is 6.88. The van der Waals surface area contributed by atoms with Gasteiger partial charge in [-0.2, -0.15) is 0 Å². The standard InChI is InChI=1S/C3H9N.ClH/c1-3(2)4;/h3H,4H2,1-2H3;1H/i1D3,2D3,3D;. The molecule has 34 valence electrons. The Labute approximate surface area is 48.8 Å². The Morgan fingerprint density at radius 3 is 2.40 bits per heavy atom. The molecule has 0 atom stereocenters. The molecule has 5 heavy (non-hydrogen) atoms. The highest BCUT2D eigenvalue weighted by molar-refractivity contribution is 5.85. The lowest BCUT2D eigenvalue weighted by atomic mass is 10.5. The summed E-state index contributed by atoms with van der Waals surface area (Å²) in [6, 6.07) is -2.88. The van der Waals surface area contributed by atoms with E-state index in [1.807, 2.05) is 0 Å². The van der Waals surface area contributed by atoms with Crippen molar-refractivity contribution >= 4 is 12.4 Å². The molecule has 0 spiro atoms. The molecule has 2 N–H and O–H groups in total. The van der Waals surface area contributed by atoms with Gasteiger partial charge in [-0.25, -0.2) is 0 Å². The van der Waals surface area contributed by atoms with E-state index in [2.05, 4.69) is 0 Å². The van der Waals surface area contributed by atoms with E-state index in [-0.39, 0.29) is 12.4 Å². The van der Waals surface area contributed by atoms with Crippen LogP contribution < -0.4 is 5.73 Å². The molecule has 0 aliphatic carbocycles. The summed E-state index contributed by atoms with van der Waals surface area (Å²) in [6.07, 6.45) is 0. The van der Waals surface area contributed by atoms with Gasteiger partial charge < -0.3 is 5.73 Å². The molecule has 0 unspecified atom stereocenters. The maximum Gasteiger partial charge on any atom is 0.0457 e. The predicted octanol–water partition coefficient (Wildman–Crippen LogP) is 0.775. The number of nitrogens with two attached hydrogens (primary N) is 1. The number of hydrogen-bond donors (Lipinski definition) is 1. The highest BCUT2D eigenvalue weighted by Gasteiger charge is 1.67. The zero-order chi connectivity index (χ0) is 9.50. The highest BCUT2D eigenvalue weighted by atomic mass is 35.5. The van der Waals surface area contributed by atoms with E-state index < -0.39 is 19.7 Å². The lowest BCUT2D eigenvalue weighted by Gasteiger charge is -1.81. The van der Waals surface area contributed by atoms with Crippen LogP contribution in [-0.2, 0) is 0 Å². The number of rotatable bonds is 0. The smallest absolute Gasteiger partial charge is 0.0457 e. The van der Waals surface area contributed by atoms with E-state index in [0.717, 1.165) is 0 Å². The molecular weight excluding hydrogens is 85.5 g/mol. The molecule has 0 bridgehead atoms. The first kappa shape index (κ1) is 0.903. The fraction of sp³-hybridized carbons (Fsp3) is 1.00. The lowest BCUT2D eigenvalue weighted by Crippen LogP contribution is -2.06. The van der Waals surface area contributed by atoms with E-state index in [4.69, 9.17) is 15.3 Å². The van der Waals surface area contributed by atoms with Crippen LogP contribution in [0.4, 0.5) is 0 Å². The van der Waals surface area contributed by atoms with Gasteiger partial charge in [-0.1, -0.05) is 13.7 Å². The molecule has 0 amide bonds. The predicted molar refractivity (Wildman–Crippen MR) is 26.6 cm³/mol. The van der Waals surface area contributed by atoms with Crippen LogP contribution in [-0.4, -0.2) is 6.02 Å². The van der Waals surface area contributed by atoms with Gasteiger partial charge in [0.2, 0.25) is 0 Å². The van der Waals surface area contributed by atoms with Crippen molar-refractivity contribution in [2.24, 2.45) is 5.73 Å². The van der Waals surface area contributed by atoms with Crippen LogP contribution in [0.5, 0.6) is 0 Å². The second-order valence-corrected chi connectivity index (χ2v) is 0.414. The summed E-state index contributed by atoms with van der Waals surface area (Å²) in [5.74, 6) is 0. The van der Waals surface area contributed by atoms with Crippen molar-refractivity contribution in [2.45, 2.75) is 19.7 Å². The SMILES string of the molecule is Cl.[2H]C([2H])([2H])C([2H])(N)C([2H])([2H])[2H]. The van der Waals surface area contributed by atoms with Gasteiger partial charge in [0, 0.05) is 9.60 Å². The van der Waals surface area contributed by atoms with Crippen LogP contribution in [0, 0.1) is 0 Å². The third kappa shape index (κ3) is 344. The molecule has 0 fully saturated rings. The molecule has 0 aliphatic heterocycles. The van der Waals surface area contributed by atoms with E-state index in [0.29, 0.717) is 0 Å². The van der Waals surface area contributed by atoms with Crippen molar-refractivity contribution in [2.75, 3.05) is 0 Å². The minimum Gasteiger partial charge on any atom is -0.328 e. The van der Waals surface area contributed by atoms with Crippen LogP contribution in [0.3, 0.4) is 0 Å². The molecule has 0 rings (SSSR count). The Bertz CT molecular complexity index is 130. The van der Waals surface area contributed by atoms with Gasteiger partial charge in [-0.05, 0) is 6.02 Å². The van der Waals surface area contributed by atoms with Crippen molar-refractivity contribution < 1.29 is 9.60 Å². The molecule has 1 nitrogen and oxygen atoms in total. The third-order valence-electron chi connectivity index (χ3n) is 0. The van der Waals surface area contributed by atoms with Gasteiger partial charge in [0.05, 0.1) is 0 Å². The van der Waals surface area contributed by atoms with Gasteiger partial charge in [0.1, 0.15) is 0 Å². The van der Waals surface area contributed by atoms with E-state index in [1.54, 1.807) is 0 Å². The molecule has 0 saturated heterocycles. The van der Waals surface area contributed by atoms with Gasteiger partial charge >= 0.3 is 0 Å². The monoisotopic (exact) mass is 102 g/mol. The second kappa shape index (κ2) is 4.25. The number of hydrogen-bond acceptors (Lipinski definition) is 1. The molecule has 0 aliphatic rings. The van der Waals surface area contributed by atoms with E-state index >= 15 is 0 Å². The molecular formula is C3H10ClN. The van der Waals surface area contributed by atoms with Crippen molar-refractivity contribution in [3.05, 3.63) is 0 Å². The Kier molecular flexibility index (Phi) is 0.767. The maximum atomic E-state index is 6.88. The average Bonchev–Trinajstić information content (AvgIpc) is 1.58. The van der Waals surface area contributed by atoms with Crippen LogP contribution >= 0.6 is 12.4 Å². The molecule has 0 heterocycles. The summed E-state index contributed by atoms with van der Waals surface area (Å²) in [5.41, 5.74) is 4.81. The summed E-state index contributed by atoms with van der Waals surface area (Å²) in [6.45, 7) is -5.98. The summed E-state index contributed by atoms with van der Waals surface area (Å²) in [5, 5.41) is 0. The molecule has 0 aromatic heterocycles. The molecule has 0 aromatic carbocycles. The normalized spacial score (nSPS) is 35.0. The van der Waals surface area contributed by atoms with Crippen molar-refractivity contribution in [3.63, 3.8) is 0 Å². The summed E-state index contributed by atoms with van der Waals surface area (Å²) >= 11 is 0. The van der Waals surface area contributed by atoms with Gasteiger partial charge in [-0.15, -0.1) is 12.4 Å². The first-order valence-electron chi connectivity index (χ1n) is 4.29. The van der Waals surface area contributed by atoms with Crippen LogP contribution in [0.15, 0.2) is 0 Å². The van der Waals surface area contributed by atoms with Crippen LogP contribution in [0.2, 0.25) is 0 Å². The summed E-state index contributed by atoms with van der Waals surface area (Å²) in [4.78, 5) is 0. The topological polar surface area (TPSA) is 26.0 Å². The Balaban J connectivity index is 0. The lowest BCUT2D eigenvalue weighted by molar-refractivity contribution is 0.834. The highest BCUT2D eigenvalue weighted by Crippen LogP contribution is 1.58. The molecule has 0 radical (unpaired) electrons. The molecule has 0 saturated carbocycles. The molecule has 2 heteroatoms. The zero-order valence-electron chi connectivity index (χ0n) is 9.49. The van der Waals surface area contributed by atoms with Crippen LogP contribution in [0.25, 0.3) is 0 Å². The average molecular weight is 103 g/mol. The van der Waals surface area contributed by atoms with Gasteiger partial charge in [0.25, 0.3) is 0 Å². The van der Waals surface area contributed by atoms with Gasteiger partial charge in [-0.3, -0.25) is 0 Å². The van der Waals surface area contributed by atoms with Crippen molar-refractivity contribution in [1.29, 1.82) is 0 Å². The number of halogens is 1. The summed E-state index contributed by atoms with van der Waals surface area (Å²) in [7, 11) is 0. The Hall–Kier alpha value is 0.250. The fourth-order valence-electron chi connectivity index (χ4n) is 0. The third-order valence-corrected chi connectivity index (χ3v) is 0. The zero-order valence-corrected chi connectivity index (χ0v) is 3.30. The first-order valence-corrected chi connectivity index (χ1v) is 0.789. The molecule has 0 aromatic rings.